The van der Waals surface area contributed by atoms with Gasteiger partial charge in [0.25, 0.3) is 0 Å². The second-order valence-corrected chi connectivity index (χ2v) is 5.66. The Kier molecular flexibility index (Phi) is 9.35. The molecule has 20 heavy (non-hydrogen) atoms. The first-order valence-electron chi connectivity index (χ1n) is 8.06. The first-order valence-corrected chi connectivity index (χ1v) is 8.06. The average molecular weight is 278 g/mol. The van der Waals surface area contributed by atoms with Gasteiger partial charge in [-0.2, -0.15) is 0 Å². The van der Waals surface area contributed by atoms with Crippen molar-refractivity contribution in [3.8, 4) is 0 Å². The van der Waals surface area contributed by atoms with Gasteiger partial charge >= 0.3 is 0 Å². The predicted octanol–water partition coefficient (Wildman–Crippen LogP) is 4.70. The van der Waals surface area contributed by atoms with Crippen molar-refractivity contribution >= 4 is 0 Å². The van der Waals surface area contributed by atoms with Gasteiger partial charge in [-0.1, -0.05) is 62.9 Å². The summed E-state index contributed by atoms with van der Waals surface area (Å²) in [6.45, 7) is 4.91. The van der Waals surface area contributed by atoms with E-state index in [1.807, 2.05) is 25.1 Å². The van der Waals surface area contributed by atoms with Crippen LogP contribution in [-0.2, 0) is 11.3 Å². The molecule has 0 bridgehead atoms. The normalized spacial score (nSPS) is 14.2. The smallest absolute Gasteiger partial charge is 0.0720 e. The molecule has 0 spiro atoms. The Morgan fingerprint density at radius 2 is 1.65 bits per heavy atom. The quantitative estimate of drug-likeness (QED) is 0.594. The molecule has 0 saturated carbocycles. The van der Waals surface area contributed by atoms with Crippen LogP contribution in [0.3, 0.4) is 0 Å². The first kappa shape index (κ1) is 17.2. The van der Waals surface area contributed by atoms with Crippen LogP contribution in [0.1, 0.15) is 64.4 Å². The molecule has 0 amide bonds. The Balaban J connectivity index is 1.96. The maximum Gasteiger partial charge on any atom is 0.0720 e. The van der Waals surface area contributed by atoms with E-state index in [1.165, 1.54) is 24.8 Å². The highest BCUT2D eigenvalue weighted by atomic mass is 16.5. The van der Waals surface area contributed by atoms with Gasteiger partial charge in [0.05, 0.1) is 18.8 Å². The molecule has 0 aliphatic heterocycles. The lowest BCUT2D eigenvalue weighted by Gasteiger charge is -2.13. The molecule has 2 nitrogen and oxygen atoms in total. The van der Waals surface area contributed by atoms with Crippen molar-refractivity contribution in [3.05, 3.63) is 35.9 Å². The standard InChI is InChI=1S/C18H30O2/c1-3-18(19)14-10-5-4-7-11-16(2)20-15-17-12-8-6-9-13-17/h6,8-9,12-13,16,18-19H,3-5,7,10-11,14-15H2,1-2H3. The van der Waals surface area contributed by atoms with Gasteiger partial charge < -0.3 is 9.84 Å². The van der Waals surface area contributed by atoms with Gasteiger partial charge in [-0.25, -0.2) is 0 Å². The minimum absolute atomic E-state index is 0.0943. The fraction of sp³-hybridized carbons (Fsp3) is 0.667. The lowest BCUT2D eigenvalue weighted by Crippen LogP contribution is -2.08. The Morgan fingerprint density at radius 1 is 1.00 bits per heavy atom. The predicted molar refractivity (Wildman–Crippen MR) is 84.7 cm³/mol. The van der Waals surface area contributed by atoms with Crippen LogP contribution in [0.25, 0.3) is 0 Å². The highest BCUT2D eigenvalue weighted by Crippen LogP contribution is 2.12. The molecule has 0 aromatic heterocycles. The lowest BCUT2D eigenvalue weighted by atomic mass is 10.1. The molecule has 2 unspecified atom stereocenters. The van der Waals surface area contributed by atoms with Crippen molar-refractivity contribution in [2.24, 2.45) is 0 Å². The van der Waals surface area contributed by atoms with E-state index in [-0.39, 0.29) is 6.10 Å². The van der Waals surface area contributed by atoms with Crippen molar-refractivity contribution in [1.82, 2.24) is 0 Å². The Bertz CT molecular complexity index is 323. The third kappa shape index (κ3) is 8.34. The summed E-state index contributed by atoms with van der Waals surface area (Å²) in [5.74, 6) is 0. The van der Waals surface area contributed by atoms with Gasteiger partial charge in [-0.05, 0) is 31.7 Å². The number of aliphatic hydroxyl groups is 1. The summed E-state index contributed by atoms with van der Waals surface area (Å²) in [4.78, 5) is 0. The van der Waals surface area contributed by atoms with Crippen molar-refractivity contribution < 1.29 is 9.84 Å². The Hall–Kier alpha value is -0.860. The number of hydrogen-bond acceptors (Lipinski definition) is 2. The zero-order valence-electron chi connectivity index (χ0n) is 13.1. The minimum atomic E-state index is -0.0943. The maximum atomic E-state index is 9.46. The number of aliphatic hydroxyl groups excluding tert-OH is 1. The molecule has 1 aromatic rings. The summed E-state index contributed by atoms with van der Waals surface area (Å²) in [6, 6.07) is 10.3. The lowest BCUT2D eigenvalue weighted by molar-refractivity contribution is 0.0458. The summed E-state index contributed by atoms with van der Waals surface area (Å²) < 4.78 is 5.85. The number of unbranched alkanes of at least 4 members (excludes halogenated alkanes) is 3. The number of rotatable bonds is 11. The molecular weight excluding hydrogens is 248 g/mol. The second-order valence-electron chi connectivity index (χ2n) is 5.66. The van der Waals surface area contributed by atoms with Gasteiger partial charge in [0.1, 0.15) is 0 Å². The van der Waals surface area contributed by atoms with Gasteiger partial charge in [0, 0.05) is 0 Å². The molecule has 1 rings (SSSR count). The zero-order valence-corrected chi connectivity index (χ0v) is 13.1. The average Bonchev–Trinajstić information content (AvgIpc) is 2.49. The first-order chi connectivity index (χ1) is 9.72. The third-order valence-electron chi connectivity index (χ3n) is 3.75. The highest BCUT2D eigenvalue weighted by molar-refractivity contribution is 5.13. The SMILES string of the molecule is CCC(O)CCCCCCC(C)OCc1ccccc1. The van der Waals surface area contributed by atoms with Crippen LogP contribution in [0.5, 0.6) is 0 Å². The van der Waals surface area contributed by atoms with Crippen LogP contribution >= 0.6 is 0 Å². The van der Waals surface area contributed by atoms with E-state index in [0.717, 1.165) is 25.7 Å². The molecule has 1 N–H and O–H groups in total. The van der Waals surface area contributed by atoms with Gasteiger partial charge in [-0.15, -0.1) is 0 Å². The van der Waals surface area contributed by atoms with Crippen molar-refractivity contribution in [1.29, 1.82) is 0 Å². The molecule has 1 aromatic carbocycles. The van der Waals surface area contributed by atoms with E-state index in [1.54, 1.807) is 0 Å². The monoisotopic (exact) mass is 278 g/mol. The topological polar surface area (TPSA) is 29.5 Å². The van der Waals surface area contributed by atoms with Crippen LogP contribution < -0.4 is 0 Å². The number of benzene rings is 1. The molecule has 2 heteroatoms. The number of ether oxygens (including phenoxy) is 1. The van der Waals surface area contributed by atoms with Gasteiger partial charge in [0.15, 0.2) is 0 Å². The summed E-state index contributed by atoms with van der Waals surface area (Å²) in [5.41, 5.74) is 1.24. The van der Waals surface area contributed by atoms with Crippen molar-refractivity contribution in [2.45, 2.75) is 77.6 Å². The summed E-state index contributed by atoms with van der Waals surface area (Å²) >= 11 is 0. The Labute approximate surface area is 124 Å². The molecule has 0 aliphatic rings. The molecule has 114 valence electrons. The Morgan fingerprint density at radius 3 is 2.30 bits per heavy atom. The highest BCUT2D eigenvalue weighted by Gasteiger charge is 2.03. The van der Waals surface area contributed by atoms with Crippen LogP contribution in [0.4, 0.5) is 0 Å². The largest absolute Gasteiger partial charge is 0.393 e. The number of hydrogen-bond donors (Lipinski definition) is 1. The van der Waals surface area contributed by atoms with Crippen LogP contribution in [0, 0.1) is 0 Å². The van der Waals surface area contributed by atoms with E-state index < -0.39 is 0 Å². The third-order valence-corrected chi connectivity index (χ3v) is 3.75. The van der Waals surface area contributed by atoms with E-state index in [0.29, 0.717) is 12.7 Å². The molecular formula is C18H30O2. The fourth-order valence-electron chi connectivity index (χ4n) is 2.27. The second kappa shape index (κ2) is 10.9. The van der Waals surface area contributed by atoms with Crippen LogP contribution in [0.15, 0.2) is 30.3 Å². The fourth-order valence-corrected chi connectivity index (χ4v) is 2.27. The molecule has 0 fully saturated rings. The van der Waals surface area contributed by atoms with E-state index in [9.17, 15) is 5.11 Å². The van der Waals surface area contributed by atoms with Gasteiger partial charge in [0.2, 0.25) is 0 Å². The van der Waals surface area contributed by atoms with Crippen molar-refractivity contribution in [3.63, 3.8) is 0 Å². The molecule has 0 saturated heterocycles. The molecule has 2 atom stereocenters. The van der Waals surface area contributed by atoms with E-state index in [2.05, 4.69) is 19.1 Å². The minimum Gasteiger partial charge on any atom is -0.393 e. The van der Waals surface area contributed by atoms with Crippen molar-refractivity contribution in [2.75, 3.05) is 0 Å². The molecule has 0 radical (unpaired) electrons. The van der Waals surface area contributed by atoms with Gasteiger partial charge in [-0.3, -0.25) is 0 Å². The maximum absolute atomic E-state index is 9.46. The zero-order chi connectivity index (χ0) is 14.6. The summed E-state index contributed by atoms with van der Waals surface area (Å²) in [5, 5.41) is 9.46. The van der Waals surface area contributed by atoms with E-state index >= 15 is 0 Å². The summed E-state index contributed by atoms with van der Waals surface area (Å²) in [6.07, 6.45) is 8.04. The van der Waals surface area contributed by atoms with Crippen LogP contribution in [-0.4, -0.2) is 17.3 Å². The molecule has 0 heterocycles. The van der Waals surface area contributed by atoms with E-state index in [4.69, 9.17) is 4.74 Å². The summed E-state index contributed by atoms with van der Waals surface area (Å²) in [7, 11) is 0. The molecule has 0 aliphatic carbocycles. The van der Waals surface area contributed by atoms with Crippen LogP contribution in [0.2, 0.25) is 0 Å².